The zero-order valence-electron chi connectivity index (χ0n) is 8.39. The second-order valence-electron chi connectivity index (χ2n) is 2.97. The molecule has 0 amide bonds. The van der Waals surface area contributed by atoms with E-state index in [9.17, 15) is 19.8 Å². The highest BCUT2D eigenvalue weighted by Gasteiger charge is 2.33. The summed E-state index contributed by atoms with van der Waals surface area (Å²) in [6, 6.07) is 0. The summed E-state index contributed by atoms with van der Waals surface area (Å²) in [6.45, 7) is 2.27. The highest BCUT2D eigenvalue weighted by atomic mass is 16.6. The minimum atomic E-state index is -1.83. The van der Waals surface area contributed by atoms with Gasteiger partial charge in [0.1, 0.15) is 18.3 Å². The third-order valence-corrected chi connectivity index (χ3v) is 1.82. The molecule has 7 heteroatoms. The van der Waals surface area contributed by atoms with Crippen LogP contribution in [0.15, 0.2) is 12.7 Å². The fraction of sp³-hybridized carbons (Fsp3) is 0.556. The highest BCUT2D eigenvalue weighted by Crippen LogP contribution is 2.07. The molecule has 0 heterocycles. The Hall–Kier alpha value is -1.28. The molecule has 0 saturated heterocycles. The maximum atomic E-state index is 10.7. The Morgan fingerprint density at radius 3 is 2.25 bits per heavy atom. The maximum Gasteiger partial charge on any atom is 0.330 e. The van der Waals surface area contributed by atoms with Crippen molar-refractivity contribution in [2.24, 2.45) is 0 Å². The van der Waals surface area contributed by atoms with Gasteiger partial charge in [0.05, 0.1) is 6.61 Å². The van der Waals surface area contributed by atoms with E-state index in [1.807, 2.05) is 0 Å². The molecule has 0 aromatic rings. The summed E-state index contributed by atoms with van der Waals surface area (Å²) < 4.78 is 4.40. The first-order valence-corrected chi connectivity index (χ1v) is 4.41. The van der Waals surface area contributed by atoms with Gasteiger partial charge in [-0.1, -0.05) is 6.58 Å². The van der Waals surface area contributed by atoms with Crippen molar-refractivity contribution in [3.63, 3.8) is 0 Å². The fourth-order valence-electron chi connectivity index (χ4n) is 0.890. The summed E-state index contributed by atoms with van der Waals surface area (Å²) in [4.78, 5) is 21.2. The fourth-order valence-corrected chi connectivity index (χ4v) is 0.890. The molecule has 0 aromatic heterocycles. The van der Waals surface area contributed by atoms with E-state index in [1.165, 1.54) is 0 Å². The zero-order chi connectivity index (χ0) is 12.7. The lowest BCUT2D eigenvalue weighted by atomic mass is 10.0. The molecule has 92 valence electrons. The Kier molecular flexibility index (Phi) is 6.50. The molecule has 0 rings (SSSR count). The number of aliphatic hydroxyl groups is 4. The van der Waals surface area contributed by atoms with Crippen LogP contribution in [0.4, 0.5) is 0 Å². The van der Waals surface area contributed by atoms with Crippen LogP contribution in [0.2, 0.25) is 0 Å². The number of rotatable bonds is 7. The van der Waals surface area contributed by atoms with Crippen molar-refractivity contribution in [3.8, 4) is 0 Å². The van der Waals surface area contributed by atoms with Gasteiger partial charge in [-0.25, -0.2) is 4.79 Å². The Bertz CT molecular complexity index is 252. The number of carbonyl (C=O) groups is 2. The summed E-state index contributed by atoms with van der Waals surface area (Å²) in [5, 5.41) is 36.1. The molecule has 0 unspecified atom stereocenters. The smallest absolute Gasteiger partial charge is 0.330 e. The monoisotopic (exact) mass is 234 g/mol. The minimum Gasteiger partial charge on any atom is -0.449 e. The minimum absolute atomic E-state index is 0.0966. The number of aliphatic hydroxyl groups excluding tert-OH is 4. The Morgan fingerprint density at radius 1 is 1.31 bits per heavy atom. The molecule has 4 atom stereocenters. The summed E-state index contributed by atoms with van der Waals surface area (Å²) in [5.41, 5.74) is 0. The topological polar surface area (TPSA) is 124 Å². The quantitative estimate of drug-likeness (QED) is 0.215. The van der Waals surface area contributed by atoms with Crippen LogP contribution < -0.4 is 0 Å². The number of esters is 1. The van der Waals surface area contributed by atoms with E-state index in [0.717, 1.165) is 6.08 Å². The van der Waals surface area contributed by atoms with E-state index in [4.69, 9.17) is 10.2 Å². The zero-order valence-corrected chi connectivity index (χ0v) is 8.39. The van der Waals surface area contributed by atoms with Gasteiger partial charge in [-0.3, -0.25) is 4.79 Å². The number of aldehydes is 1. The predicted molar refractivity (Wildman–Crippen MR) is 51.2 cm³/mol. The summed E-state index contributed by atoms with van der Waals surface area (Å²) in [5.74, 6) is -0.957. The molecular formula is C9H14O7. The molecule has 0 saturated carbocycles. The van der Waals surface area contributed by atoms with Crippen LogP contribution in [0.1, 0.15) is 0 Å². The SMILES string of the molecule is C=CC(=O)O[C@H](C=O)[C@@H](O)[C@H](O)[C@H](O)CO. The Morgan fingerprint density at radius 2 is 1.88 bits per heavy atom. The standard InChI is InChI=1S/C9H14O7/c1-2-7(13)16-6(4-11)9(15)8(14)5(12)3-10/h2,4-6,8-10,12,14-15H,1,3H2/t5-,6-,8-,9-/m1/s1. The van der Waals surface area contributed by atoms with Gasteiger partial charge in [0.25, 0.3) is 0 Å². The van der Waals surface area contributed by atoms with Crippen molar-refractivity contribution in [2.75, 3.05) is 6.61 Å². The first-order chi connectivity index (χ1) is 7.47. The van der Waals surface area contributed by atoms with Crippen molar-refractivity contribution in [1.82, 2.24) is 0 Å². The molecule has 0 aliphatic heterocycles. The van der Waals surface area contributed by atoms with Gasteiger partial charge in [0, 0.05) is 6.08 Å². The van der Waals surface area contributed by atoms with E-state index in [1.54, 1.807) is 0 Å². The average Bonchev–Trinajstić information content (AvgIpc) is 2.32. The molecule has 16 heavy (non-hydrogen) atoms. The van der Waals surface area contributed by atoms with Crippen LogP contribution in [0, 0.1) is 0 Å². The van der Waals surface area contributed by atoms with Gasteiger partial charge in [-0.2, -0.15) is 0 Å². The summed E-state index contributed by atoms with van der Waals surface area (Å²) in [6.07, 6.45) is -6.04. The van der Waals surface area contributed by atoms with E-state index in [-0.39, 0.29) is 6.29 Å². The van der Waals surface area contributed by atoms with Crippen molar-refractivity contribution in [3.05, 3.63) is 12.7 Å². The van der Waals surface area contributed by atoms with E-state index in [0.29, 0.717) is 0 Å². The summed E-state index contributed by atoms with van der Waals surface area (Å²) >= 11 is 0. The van der Waals surface area contributed by atoms with Gasteiger partial charge in [0.2, 0.25) is 0 Å². The molecule has 0 radical (unpaired) electrons. The van der Waals surface area contributed by atoms with Gasteiger partial charge in [-0.05, 0) is 0 Å². The Balaban J connectivity index is 4.51. The van der Waals surface area contributed by atoms with E-state index >= 15 is 0 Å². The second-order valence-corrected chi connectivity index (χ2v) is 2.97. The number of carbonyl (C=O) groups excluding carboxylic acids is 2. The molecule has 0 fully saturated rings. The van der Waals surface area contributed by atoms with E-state index in [2.05, 4.69) is 11.3 Å². The molecular weight excluding hydrogens is 220 g/mol. The molecule has 0 bridgehead atoms. The first-order valence-electron chi connectivity index (χ1n) is 4.41. The summed E-state index contributed by atoms with van der Waals surface area (Å²) in [7, 11) is 0. The van der Waals surface area contributed by atoms with Crippen molar-refractivity contribution in [2.45, 2.75) is 24.4 Å². The molecule has 0 aliphatic carbocycles. The third-order valence-electron chi connectivity index (χ3n) is 1.82. The average molecular weight is 234 g/mol. The lowest BCUT2D eigenvalue weighted by molar-refractivity contribution is -0.163. The van der Waals surface area contributed by atoms with Gasteiger partial charge >= 0.3 is 5.97 Å². The molecule has 4 N–H and O–H groups in total. The maximum absolute atomic E-state index is 10.7. The first kappa shape index (κ1) is 14.7. The lowest BCUT2D eigenvalue weighted by Crippen LogP contribution is -2.47. The molecule has 0 spiro atoms. The van der Waals surface area contributed by atoms with Crippen LogP contribution in [0.25, 0.3) is 0 Å². The van der Waals surface area contributed by atoms with Crippen molar-refractivity contribution >= 4 is 12.3 Å². The molecule has 0 aliphatic rings. The Labute approximate surface area is 91.6 Å². The normalized spacial score (nSPS) is 18.0. The molecule has 7 nitrogen and oxygen atoms in total. The predicted octanol–water partition coefficient (Wildman–Crippen LogP) is -2.64. The highest BCUT2D eigenvalue weighted by molar-refractivity contribution is 5.82. The van der Waals surface area contributed by atoms with E-state index < -0.39 is 37.0 Å². The van der Waals surface area contributed by atoms with Crippen LogP contribution in [0.5, 0.6) is 0 Å². The lowest BCUT2D eigenvalue weighted by Gasteiger charge is -2.25. The van der Waals surface area contributed by atoms with Crippen LogP contribution >= 0.6 is 0 Å². The largest absolute Gasteiger partial charge is 0.449 e. The molecule has 0 aromatic carbocycles. The number of hydrogen-bond donors (Lipinski definition) is 4. The van der Waals surface area contributed by atoms with Crippen LogP contribution in [0.3, 0.4) is 0 Å². The van der Waals surface area contributed by atoms with Gasteiger partial charge in [0.15, 0.2) is 12.4 Å². The van der Waals surface area contributed by atoms with Crippen LogP contribution in [-0.4, -0.2) is 63.7 Å². The van der Waals surface area contributed by atoms with Crippen molar-refractivity contribution < 1.29 is 34.8 Å². The van der Waals surface area contributed by atoms with Gasteiger partial charge < -0.3 is 25.2 Å². The number of hydrogen-bond acceptors (Lipinski definition) is 7. The van der Waals surface area contributed by atoms with Gasteiger partial charge in [-0.15, -0.1) is 0 Å². The van der Waals surface area contributed by atoms with Crippen LogP contribution in [-0.2, 0) is 14.3 Å². The number of ether oxygens (including phenoxy) is 1. The second kappa shape index (κ2) is 7.07. The third kappa shape index (κ3) is 4.07. The van der Waals surface area contributed by atoms with Crippen molar-refractivity contribution in [1.29, 1.82) is 0 Å².